The average Bonchev–Trinajstić information content (AvgIpc) is 2.79. The lowest BCUT2D eigenvalue weighted by atomic mass is 10.2. The number of nitrogens with zero attached hydrogens (tertiary/aromatic N) is 1. The Kier molecular flexibility index (Phi) is 8.30. The van der Waals surface area contributed by atoms with Gasteiger partial charge in [-0.15, -0.1) is 0 Å². The molecule has 3 aromatic carbocycles. The summed E-state index contributed by atoms with van der Waals surface area (Å²) in [4.78, 5) is 12.6. The highest BCUT2D eigenvalue weighted by Gasteiger charge is 2.29. The Labute approximate surface area is 192 Å². The molecule has 32 heavy (non-hydrogen) atoms. The number of aryl methyl sites for hydroxylation is 1. The van der Waals surface area contributed by atoms with Crippen molar-refractivity contribution in [2.45, 2.75) is 17.6 Å². The normalized spacial score (nSPS) is 11.2. The zero-order chi connectivity index (χ0) is 23.0. The molecule has 0 unspecified atom stereocenters. The number of carbonyl (C=O) groups is 1. The van der Waals surface area contributed by atoms with Crippen molar-refractivity contribution in [3.05, 3.63) is 95.8 Å². The molecule has 0 atom stereocenters. The van der Waals surface area contributed by atoms with Crippen molar-refractivity contribution in [3.63, 3.8) is 0 Å². The van der Waals surface area contributed by atoms with Gasteiger partial charge in [-0.1, -0.05) is 60.2 Å². The van der Waals surface area contributed by atoms with E-state index in [0.29, 0.717) is 12.3 Å². The van der Waals surface area contributed by atoms with Gasteiger partial charge in [-0.3, -0.25) is 9.10 Å². The lowest BCUT2D eigenvalue weighted by Gasteiger charge is -2.24. The Balaban J connectivity index is 1.67. The van der Waals surface area contributed by atoms with Crippen LogP contribution in [0, 0.1) is 12.7 Å². The number of rotatable bonds is 10. The molecule has 8 heteroatoms. The van der Waals surface area contributed by atoms with E-state index in [9.17, 15) is 17.6 Å². The van der Waals surface area contributed by atoms with Crippen LogP contribution in [-0.4, -0.2) is 33.2 Å². The van der Waals surface area contributed by atoms with E-state index < -0.39 is 28.3 Å². The molecular weight excluding hydrogens is 447 g/mol. The van der Waals surface area contributed by atoms with E-state index in [1.165, 1.54) is 42.0 Å². The summed E-state index contributed by atoms with van der Waals surface area (Å²) in [6.07, 6.45) is 0. The second-order valence-electron chi connectivity index (χ2n) is 7.16. The highest BCUT2D eigenvalue weighted by atomic mass is 32.2. The quantitative estimate of drug-likeness (QED) is 0.445. The minimum atomic E-state index is -4.13. The third-order valence-corrected chi connectivity index (χ3v) is 7.50. The molecular formula is C24H25FN2O3S2. The van der Waals surface area contributed by atoms with Crippen molar-refractivity contribution >= 4 is 33.4 Å². The zero-order valence-corrected chi connectivity index (χ0v) is 19.3. The number of sulfonamides is 1. The van der Waals surface area contributed by atoms with E-state index in [4.69, 9.17) is 0 Å². The van der Waals surface area contributed by atoms with Gasteiger partial charge in [-0.05, 0) is 36.8 Å². The molecule has 0 bridgehead atoms. The number of hydrogen-bond acceptors (Lipinski definition) is 4. The molecule has 3 rings (SSSR count). The smallest absolute Gasteiger partial charge is 0.264 e. The van der Waals surface area contributed by atoms with Crippen molar-refractivity contribution in [2.24, 2.45) is 0 Å². The molecule has 0 heterocycles. The van der Waals surface area contributed by atoms with Crippen LogP contribution >= 0.6 is 11.8 Å². The second kappa shape index (κ2) is 11.2. The van der Waals surface area contributed by atoms with Crippen molar-refractivity contribution in [2.75, 3.05) is 23.1 Å². The lowest BCUT2D eigenvalue weighted by Crippen LogP contribution is -2.41. The minimum Gasteiger partial charge on any atom is -0.354 e. The molecule has 0 saturated heterocycles. The fourth-order valence-electron chi connectivity index (χ4n) is 3.00. The number of amides is 1. The van der Waals surface area contributed by atoms with E-state index in [0.717, 1.165) is 15.6 Å². The first-order valence-electron chi connectivity index (χ1n) is 10.1. The van der Waals surface area contributed by atoms with Gasteiger partial charge in [0.2, 0.25) is 5.91 Å². The predicted octanol–water partition coefficient (Wildman–Crippen LogP) is 4.38. The van der Waals surface area contributed by atoms with Crippen LogP contribution in [0.3, 0.4) is 0 Å². The van der Waals surface area contributed by atoms with E-state index in [-0.39, 0.29) is 10.6 Å². The summed E-state index contributed by atoms with van der Waals surface area (Å²) in [5.41, 5.74) is 1.92. The molecule has 0 fully saturated rings. The number of thioether (sulfide) groups is 1. The van der Waals surface area contributed by atoms with Gasteiger partial charge in [-0.2, -0.15) is 11.8 Å². The molecule has 168 valence electrons. The third-order valence-electron chi connectivity index (χ3n) is 4.70. The van der Waals surface area contributed by atoms with Gasteiger partial charge in [0.05, 0.1) is 10.6 Å². The number of halogens is 1. The van der Waals surface area contributed by atoms with Crippen LogP contribution < -0.4 is 9.62 Å². The molecule has 0 aliphatic rings. The first-order chi connectivity index (χ1) is 15.4. The van der Waals surface area contributed by atoms with Gasteiger partial charge in [0.25, 0.3) is 10.0 Å². The summed E-state index contributed by atoms with van der Waals surface area (Å²) in [7, 11) is -4.13. The van der Waals surface area contributed by atoms with Crippen LogP contribution in [0.15, 0.2) is 83.8 Å². The molecule has 1 N–H and O–H groups in total. The summed E-state index contributed by atoms with van der Waals surface area (Å²) in [6.45, 7) is 1.71. The van der Waals surface area contributed by atoms with E-state index in [2.05, 4.69) is 5.32 Å². The molecule has 0 saturated carbocycles. The van der Waals surface area contributed by atoms with Gasteiger partial charge < -0.3 is 5.32 Å². The Morgan fingerprint density at radius 3 is 2.31 bits per heavy atom. The van der Waals surface area contributed by atoms with Gasteiger partial charge in [0.15, 0.2) is 0 Å². The standard InChI is InChI=1S/C24H25FN2O3S2/c1-19-11-13-21(14-12-19)32(29,30)27(23-10-6-5-9-22(23)25)17-24(28)26-15-16-31-18-20-7-3-2-4-8-20/h2-14H,15-18H2,1H3,(H,26,28). The Bertz CT molecular complexity index is 1140. The summed E-state index contributed by atoms with van der Waals surface area (Å²) >= 11 is 1.66. The molecule has 1 amide bonds. The molecule has 0 spiro atoms. The maximum Gasteiger partial charge on any atom is 0.264 e. The second-order valence-corrected chi connectivity index (χ2v) is 10.1. The van der Waals surface area contributed by atoms with Crippen LogP contribution in [0.4, 0.5) is 10.1 Å². The van der Waals surface area contributed by atoms with Gasteiger partial charge in [-0.25, -0.2) is 12.8 Å². The number of para-hydroxylation sites is 1. The molecule has 0 aliphatic heterocycles. The van der Waals surface area contributed by atoms with Crippen LogP contribution in [0.5, 0.6) is 0 Å². The highest BCUT2D eigenvalue weighted by molar-refractivity contribution is 7.98. The molecule has 0 radical (unpaired) electrons. The summed E-state index contributed by atoms with van der Waals surface area (Å²) in [5, 5.41) is 2.73. The van der Waals surface area contributed by atoms with E-state index in [1.807, 2.05) is 37.3 Å². The summed E-state index contributed by atoms with van der Waals surface area (Å²) in [5.74, 6) is 0.281. The van der Waals surface area contributed by atoms with Gasteiger partial charge >= 0.3 is 0 Å². The Hall–Kier alpha value is -2.84. The number of nitrogens with one attached hydrogen (secondary N) is 1. The van der Waals surface area contributed by atoms with Crippen LogP contribution in [0.2, 0.25) is 0 Å². The topological polar surface area (TPSA) is 66.5 Å². The third kappa shape index (κ3) is 6.34. The van der Waals surface area contributed by atoms with Crippen molar-refractivity contribution in [1.82, 2.24) is 5.32 Å². The summed E-state index contributed by atoms with van der Waals surface area (Å²) < 4.78 is 41.8. The first kappa shape index (κ1) is 23.8. The largest absolute Gasteiger partial charge is 0.354 e. The molecule has 0 aliphatic carbocycles. The first-order valence-corrected chi connectivity index (χ1v) is 12.7. The average molecular weight is 473 g/mol. The maximum atomic E-state index is 14.5. The maximum absolute atomic E-state index is 14.5. The van der Waals surface area contributed by atoms with Crippen molar-refractivity contribution < 1.29 is 17.6 Å². The van der Waals surface area contributed by atoms with Crippen LogP contribution in [0.1, 0.15) is 11.1 Å². The van der Waals surface area contributed by atoms with Gasteiger partial charge in [0.1, 0.15) is 12.4 Å². The van der Waals surface area contributed by atoms with Gasteiger partial charge in [0, 0.05) is 18.1 Å². The number of anilines is 1. The highest BCUT2D eigenvalue weighted by Crippen LogP contribution is 2.26. The van der Waals surface area contributed by atoms with Crippen LogP contribution in [-0.2, 0) is 20.6 Å². The molecule has 3 aromatic rings. The zero-order valence-electron chi connectivity index (χ0n) is 17.7. The van der Waals surface area contributed by atoms with Crippen molar-refractivity contribution in [1.29, 1.82) is 0 Å². The molecule has 5 nitrogen and oxygen atoms in total. The number of benzene rings is 3. The fraction of sp³-hybridized carbons (Fsp3) is 0.208. The Morgan fingerprint density at radius 2 is 1.62 bits per heavy atom. The Morgan fingerprint density at radius 1 is 0.969 bits per heavy atom. The number of hydrogen-bond donors (Lipinski definition) is 1. The van der Waals surface area contributed by atoms with Crippen LogP contribution in [0.25, 0.3) is 0 Å². The molecule has 0 aromatic heterocycles. The lowest BCUT2D eigenvalue weighted by molar-refractivity contribution is -0.119. The number of carbonyl (C=O) groups excluding carboxylic acids is 1. The summed E-state index contributed by atoms with van der Waals surface area (Å²) in [6, 6.07) is 21.7. The minimum absolute atomic E-state index is 0.00225. The van der Waals surface area contributed by atoms with Crippen molar-refractivity contribution in [3.8, 4) is 0 Å². The van der Waals surface area contributed by atoms with E-state index in [1.54, 1.807) is 23.9 Å². The fourth-order valence-corrected chi connectivity index (χ4v) is 5.25. The van der Waals surface area contributed by atoms with E-state index >= 15 is 0 Å². The monoisotopic (exact) mass is 472 g/mol. The SMILES string of the molecule is Cc1ccc(S(=O)(=O)N(CC(=O)NCCSCc2ccccc2)c2ccccc2F)cc1. The predicted molar refractivity (Wildman–Crippen MR) is 128 cm³/mol.